The van der Waals surface area contributed by atoms with E-state index in [1.54, 1.807) is 12.3 Å². The first-order valence-electron chi connectivity index (χ1n) is 6.70. The van der Waals surface area contributed by atoms with Crippen LogP contribution < -0.4 is 10.6 Å². The van der Waals surface area contributed by atoms with Crippen molar-refractivity contribution in [2.75, 3.05) is 11.9 Å². The predicted molar refractivity (Wildman–Crippen MR) is 86.2 cm³/mol. The van der Waals surface area contributed by atoms with Gasteiger partial charge in [0.25, 0.3) is 5.91 Å². The highest BCUT2D eigenvalue weighted by Crippen LogP contribution is 2.18. The second kappa shape index (κ2) is 7.17. The number of carbonyl (C=O) groups excluding carboxylic acids is 1. The largest absolute Gasteiger partial charge is 0.370 e. The fourth-order valence-corrected chi connectivity index (χ4v) is 2.22. The summed E-state index contributed by atoms with van der Waals surface area (Å²) in [6, 6.07) is 7.49. The molecule has 0 bridgehead atoms. The molecule has 0 aliphatic rings. The van der Waals surface area contributed by atoms with Crippen molar-refractivity contribution in [2.24, 2.45) is 0 Å². The summed E-state index contributed by atoms with van der Waals surface area (Å²) < 4.78 is 0.767. The van der Waals surface area contributed by atoms with Crippen molar-refractivity contribution < 1.29 is 4.79 Å². The van der Waals surface area contributed by atoms with E-state index in [1.807, 2.05) is 32.0 Å². The zero-order valence-electron chi connectivity index (χ0n) is 12.0. The lowest BCUT2D eigenvalue weighted by Crippen LogP contribution is -2.25. The van der Waals surface area contributed by atoms with E-state index in [0.717, 1.165) is 15.9 Å². The zero-order chi connectivity index (χ0) is 15.2. The number of nitrogens with one attached hydrogen (secondary N) is 2. The molecule has 5 nitrogen and oxygen atoms in total. The summed E-state index contributed by atoms with van der Waals surface area (Å²) in [5.74, 6) is 0.401. The van der Waals surface area contributed by atoms with Gasteiger partial charge in [-0.25, -0.2) is 4.98 Å². The number of carbonyl (C=O) groups is 1. The van der Waals surface area contributed by atoms with E-state index < -0.39 is 0 Å². The van der Waals surface area contributed by atoms with Crippen LogP contribution in [0.1, 0.15) is 28.7 Å². The van der Waals surface area contributed by atoms with Crippen LogP contribution >= 0.6 is 15.9 Å². The van der Waals surface area contributed by atoms with Crippen LogP contribution in [-0.2, 0) is 6.54 Å². The predicted octanol–water partition coefficient (Wildman–Crippen LogP) is 2.91. The summed E-state index contributed by atoms with van der Waals surface area (Å²) in [5, 5.41) is 5.95. The first-order valence-corrected chi connectivity index (χ1v) is 7.49. The Kier molecular flexibility index (Phi) is 5.27. The summed E-state index contributed by atoms with van der Waals surface area (Å²) in [5.41, 5.74) is 2.27. The molecule has 21 heavy (non-hydrogen) atoms. The Morgan fingerprint density at radius 2 is 2.19 bits per heavy atom. The monoisotopic (exact) mass is 348 g/mol. The number of hydrogen-bond donors (Lipinski definition) is 2. The van der Waals surface area contributed by atoms with Crippen LogP contribution in [0.5, 0.6) is 0 Å². The third-order valence-corrected chi connectivity index (χ3v) is 3.25. The molecule has 110 valence electrons. The van der Waals surface area contributed by atoms with Gasteiger partial charge in [0, 0.05) is 22.9 Å². The van der Waals surface area contributed by atoms with Gasteiger partial charge in [-0.2, -0.15) is 0 Å². The number of aromatic nitrogens is 2. The Morgan fingerprint density at radius 3 is 2.90 bits per heavy atom. The third-order valence-electron chi connectivity index (χ3n) is 2.82. The van der Waals surface area contributed by atoms with Gasteiger partial charge >= 0.3 is 0 Å². The van der Waals surface area contributed by atoms with Crippen LogP contribution in [0.2, 0.25) is 0 Å². The molecule has 6 heteroatoms. The van der Waals surface area contributed by atoms with Crippen LogP contribution in [0.25, 0.3) is 0 Å². The molecule has 2 rings (SSSR count). The van der Waals surface area contributed by atoms with Gasteiger partial charge in [0.05, 0.1) is 17.8 Å². The third kappa shape index (κ3) is 4.26. The summed E-state index contributed by atoms with van der Waals surface area (Å²) in [4.78, 5) is 20.9. The summed E-state index contributed by atoms with van der Waals surface area (Å²) in [6.07, 6.45) is 1.66. The zero-order valence-corrected chi connectivity index (χ0v) is 13.6. The number of halogens is 1. The number of anilines is 1. The van der Waals surface area contributed by atoms with Crippen molar-refractivity contribution >= 4 is 27.7 Å². The lowest BCUT2D eigenvalue weighted by molar-refractivity contribution is 0.0951. The molecule has 0 saturated heterocycles. The maximum atomic E-state index is 12.3. The van der Waals surface area contributed by atoms with E-state index in [4.69, 9.17) is 0 Å². The summed E-state index contributed by atoms with van der Waals surface area (Å²) >= 11 is 3.34. The Hall–Kier alpha value is -1.95. The fraction of sp³-hybridized carbons (Fsp3) is 0.267. The van der Waals surface area contributed by atoms with Crippen molar-refractivity contribution in [3.05, 3.63) is 51.9 Å². The Labute approximate surface area is 132 Å². The Balaban J connectivity index is 2.11. The van der Waals surface area contributed by atoms with Crippen molar-refractivity contribution in [1.82, 2.24) is 15.3 Å². The molecule has 0 aliphatic heterocycles. The number of amides is 1. The van der Waals surface area contributed by atoms with Crippen LogP contribution in [0, 0.1) is 6.92 Å². The van der Waals surface area contributed by atoms with Gasteiger partial charge in [0.1, 0.15) is 5.82 Å². The molecule has 0 radical (unpaired) electrons. The first-order chi connectivity index (χ1) is 10.1. The standard InChI is InChI=1S/C15H17BrN4O/c1-3-17-14-13(7-11(16)8-18-14)15(21)19-9-12-6-4-5-10(2)20-12/h4-8H,3,9H2,1-2H3,(H,17,18)(H,19,21). The quantitative estimate of drug-likeness (QED) is 0.871. The molecular formula is C15H17BrN4O. The van der Waals surface area contributed by atoms with Crippen molar-refractivity contribution in [3.8, 4) is 0 Å². The van der Waals surface area contributed by atoms with Crippen LogP contribution in [0.15, 0.2) is 34.9 Å². The van der Waals surface area contributed by atoms with E-state index in [2.05, 4.69) is 36.5 Å². The number of pyridine rings is 2. The maximum absolute atomic E-state index is 12.3. The fourth-order valence-electron chi connectivity index (χ4n) is 1.88. The van der Waals surface area contributed by atoms with E-state index in [1.165, 1.54) is 0 Å². The minimum atomic E-state index is -0.178. The minimum absolute atomic E-state index is 0.178. The lowest BCUT2D eigenvalue weighted by Gasteiger charge is -2.10. The van der Waals surface area contributed by atoms with Crippen LogP contribution in [0.3, 0.4) is 0 Å². The second-order valence-corrected chi connectivity index (χ2v) is 5.45. The molecule has 1 amide bonds. The highest BCUT2D eigenvalue weighted by molar-refractivity contribution is 9.10. The lowest BCUT2D eigenvalue weighted by atomic mass is 10.2. The van der Waals surface area contributed by atoms with Gasteiger partial charge in [0.2, 0.25) is 0 Å². The molecule has 0 fully saturated rings. The smallest absolute Gasteiger partial charge is 0.255 e. The van der Waals surface area contributed by atoms with Gasteiger partial charge < -0.3 is 10.6 Å². The first kappa shape index (κ1) is 15.4. The van der Waals surface area contributed by atoms with Gasteiger partial charge in [0.15, 0.2) is 0 Å². The van der Waals surface area contributed by atoms with E-state index >= 15 is 0 Å². The molecule has 0 aliphatic carbocycles. The SMILES string of the molecule is CCNc1ncc(Br)cc1C(=O)NCc1cccc(C)n1. The summed E-state index contributed by atoms with van der Waals surface area (Å²) in [6.45, 7) is 4.97. The van der Waals surface area contributed by atoms with E-state index in [0.29, 0.717) is 24.5 Å². The molecular weight excluding hydrogens is 332 g/mol. The molecule has 0 unspecified atom stereocenters. The molecule has 2 aromatic rings. The Morgan fingerprint density at radius 1 is 1.38 bits per heavy atom. The number of rotatable bonds is 5. The van der Waals surface area contributed by atoms with Gasteiger partial charge in [-0.05, 0) is 48.0 Å². The van der Waals surface area contributed by atoms with Gasteiger partial charge in [-0.1, -0.05) is 6.07 Å². The minimum Gasteiger partial charge on any atom is -0.370 e. The molecule has 2 aromatic heterocycles. The second-order valence-electron chi connectivity index (χ2n) is 4.53. The van der Waals surface area contributed by atoms with E-state index in [-0.39, 0.29) is 5.91 Å². The van der Waals surface area contributed by atoms with Crippen LogP contribution in [0.4, 0.5) is 5.82 Å². The molecule has 2 N–H and O–H groups in total. The normalized spacial score (nSPS) is 10.2. The molecule has 0 spiro atoms. The van der Waals surface area contributed by atoms with Crippen molar-refractivity contribution in [1.29, 1.82) is 0 Å². The molecule has 0 saturated carbocycles. The molecule has 2 heterocycles. The van der Waals surface area contributed by atoms with Crippen molar-refractivity contribution in [3.63, 3.8) is 0 Å². The highest BCUT2D eigenvalue weighted by Gasteiger charge is 2.13. The topological polar surface area (TPSA) is 66.9 Å². The molecule has 0 aromatic carbocycles. The average molecular weight is 349 g/mol. The average Bonchev–Trinajstić information content (AvgIpc) is 2.47. The molecule has 0 atom stereocenters. The summed E-state index contributed by atoms with van der Waals surface area (Å²) in [7, 11) is 0. The van der Waals surface area contributed by atoms with Crippen LogP contribution in [-0.4, -0.2) is 22.4 Å². The number of aryl methyl sites for hydroxylation is 1. The number of hydrogen-bond acceptors (Lipinski definition) is 4. The maximum Gasteiger partial charge on any atom is 0.255 e. The Bertz CT molecular complexity index is 645. The highest BCUT2D eigenvalue weighted by atomic mass is 79.9. The van der Waals surface area contributed by atoms with Gasteiger partial charge in [-0.3, -0.25) is 9.78 Å². The van der Waals surface area contributed by atoms with Gasteiger partial charge in [-0.15, -0.1) is 0 Å². The number of nitrogens with zero attached hydrogens (tertiary/aromatic N) is 2. The van der Waals surface area contributed by atoms with Crippen molar-refractivity contribution in [2.45, 2.75) is 20.4 Å². The van der Waals surface area contributed by atoms with E-state index in [9.17, 15) is 4.79 Å².